The summed E-state index contributed by atoms with van der Waals surface area (Å²) in [6.07, 6.45) is 2.20. The van der Waals surface area contributed by atoms with Crippen LogP contribution in [0.15, 0.2) is 0 Å². The summed E-state index contributed by atoms with van der Waals surface area (Å²) in [5.74, 6) is -1.22. The summed E-state index contributed by atoms with van der Waals surface area (Å²) >= 11 is 0. The fourth-order valence-electron chi connectivity index (χ4n) is 2.07. The first-order valence-corrected chi connectivity index (χ1v) is 5.69. The van der Waals surface area contributed by atoms with Gasteiger partial charge >= 0.3 is 5.97 Å². The summed E-state index contributed by atoms with van der Waals surface area (Å²) in [5.41, 5.74) is 0. The highest BCUT2D eigenvalue weighted by Crippen LogP contribution is 2.22. The highest BCUT2D eigenvalue weighted by Gasteiger charge is 2.29. The SMILES string of the molecule is CC(NC(=O)CN1C(C)CCC1C)C(=O)O. The Balaban J connectivity index is 2.42. The number of carboxylic acid groups (broad SMARTS) is 1. The molecule has 0 spiro atoms. The Morgan fingerprint density at radius 2 is 1.88 bits per heavy atom. The van der Waals surface area contributed by atoms with Crippen LogP contribution in [0, 0.1) is 0 Å². The van der Waals surface area contributed by atoms with Crippen LogP contribution >= 0.6 is 0 Å². The molecule has 0 saturated carbocycles. The lowest BCUT2D eigenvalue weighted by Crippen LogP contribution is -2.46. The van der Waals surface area contributed by atoms with Gasteiger partial charge in [0.25, 0.3) is 0 Å². The minimum Gasteiger partial charge on any atom is -0.480 e. The molecule has 2 N–H and O–H groups in total. The molecule has 1 heterocycles. The van der Waals surface area contributed by atoms with E-state index in [9.17, 15) is 9.59 Å². The molecule has 1 saturated heterocycles. The van der Waals surface area contributed by atoms with Crippen LogP contribution in [-0.4, -0.2) is 46.6 Å². The van der Waals surface area contributed by atoms with Crippen LogP contribution in [0.25, 0.3) is 0 Å². The van der Waals surface area contributed by atoms with Crippen LogP contribution in [0.4, 0.5) is 0 Å². The first-order chi connectivity index (χ1) is 7.41. The molecule has 0 aromatic rings. The second-order valence-electron chi connectivity index (χ2n) is 4.58. The van der Waals surface area contributed by atoms with Gasteiger partial charge in [-0.1, -0.05) is 0 Å². The molecule has 3 unspecified atom stereocenters. The van der Waals surface area contributed by atoms with E-state index >= 15 is 0 Å². The molecule has 0 aliphatic carbocycles. The molecule has 16 heavy (non-hydrogen) atoms. The third-order valence-electron chi connectivity index (χ3n) is 3.21. The lowest BCUT2D eigenvalue weighted by atomic mass is 10.2. The number of aliphatic carboxylic acids is 1. The molecule has 92 valence electrons. The van der Waals surface area contributed by atoms with Gasteiger partial charge in [0.05, 0.1) is 6.54 Å². The van der Waals surface area contributed by atoms with Crippen LogP contribution in [0.5, 0.6) is 0 Å². The minimum absolute atomic E-state index is 0.213. The first-order valence-electron chi connectivity index (χ1n) is 5.69. The van der Waals surface area contributed by atoms with Crippen molar-refractivity contribution in [3.05, 3.63) is 0 Å². The average molecular weight is 228 g/mol. The standard InChI is InChI=1S/C11H20N2O3/c1-7-4-5-8(2)13(7)6-10(14)12-9(3)11(15)16/h7-9H,4-6H2,1-3H3,(H,12,14)(H,15,16). The van der Waals surface area contributed by atoms with Crippen molar-refractivity contribution in [2.45, 2.75) is 51.7 Å². The van der Waals surface area contributed by atoms with Crippen molar-refractivity contribution in [2.75, 3.05) is 6.54 Å². The van der Waals surface area contributed by atoms with Gasteiger partial charge in [-0.05, 0) is 33.6 Å². The number of hydrogen-bond donors (Lipinski definition) is 2. The predicted molar refractivity (Wildman–Crippen MR) is 60.1 cm³/mol. The van der Waals surface area contributed by atoms with Crippen molar-refractivity contribution < 1.29 is 14.7 Å². The minimum atomic E-state index is -1.00. The van der Waals surface area contributed by atoms with Crippen LogP contribution in [-0.2, 0) is 9.59 Å². The van der Waals surface area contributed by atoms with Gasteiger partial charge in [0.15, 0.2) is 0 Å². The Morgan fingerprint density at radius 3 is 2.31 bits per heavy atom. The summed E-state index contributed by atoms with van der Waals surface area (Å²) < 4.78 is 0. The summed E-state index contributed by atoms with van der Waals surface area (Å²) in [5, 5.41) is 11.1. The fourth-order valence-corrected chi connectivity index (χ4v) is 2.07. The zero-order chi connectivity index (χ0) is 12.3. The Morgan fingerprint density at radius 1 is 1.38 bits per heavy atom. The molecule has 0 radical (unpaired) electrons. The van der Waals surface area contributed by atoms with Crippen LogP contribution < -0.4 is 5.32 Å². The molecule has 0 bridgehead atoms. The number of carbonyl (C=O) groups excluding carboxylic acids is 1. The number of carbonyl (C=O) groups is 2. The van der Waals surface area contributed by atoms with Gasteiger partial charge in [0.1, 0.15) is 6.04 Å². The van der Waals surface area contributed by atoms with E-state index < -0.39 is 12.0 Å². The molecule has 1 rings (SSSR count). The molecule has 0 aromatic carbocycles. The van der Waals surface area contributed by atoms with E-state index in [-0.39, 0.29) is 5.91 Å². The number of rotatable bonds is 4. The summed E-state index contributed by atoms with van der Waals surface area (Å²) in [6.45, 7) is 5.95. The predicted octanol–water partition coefficient (Wildman–Crippen LogP) is 0.449. The third-order valence-corrected chi connectivity index (χ3v) is 3.21. The molecule has 1 aliphatic rings. The fraction of sp³-hybridized carbons (Fsp3) is 0.818. The van der Waals surface area contributed by atoms with E-state index in [0.29, 0.717) is 18.6 Å². The van der Waals surface area contributed by atoms with E-state index in [4.69, 9.17) is 5.11 Å². The molecule has 5 heteroatoms. The van der Waals surface area contributed by atoms with E-state index in [1.807, 2.05) is 0 Å². The highest BCUT2D eigenvalue weighted by atomic mass is 16.4. The van der Waals surface area contributed by atoms with Crippen molar-refractivity contribution in [1.29, 1.82) is 0 Å². The summed E-state index contributed by atoms with van der Waals surface area (Å²) in [7, 11) is 0. The number of amides is 1. The lowest BCUT2D eigenvalue weighted by Gasteiger charge is -2.25. The molecule has 1 amide bonds. The number of likely N-dealkylation sites (tertiary alicyclic amines) is 1. The zero-order valence-corrected chi connectivity index (χ0v) is 10.1. The molecular weight excluding hydrogens is 208 g/mol. The second-order valence-corrected chi connectivity index (χ2v) is 4.58. The molecule has 5 nitrogen and oxygen atoms in total. The third kappa shape index (κ3) is 3.20. The second kappa shape index (κ2) is 5.30. The van der Waals surface area contributed by atoms with E-state index in [1.54, 1.807) is 0 Å². The quantitative estimate of drug-likeness (QED) is 0.733. The van der Waals surface area contributed by atoms with Gasteiger partial charge in [-0.2, -0.15) is 0 Å². The van der Waals surface area contributed by atoms with Crippen molar-refractivity contribution >= 4 is 11.9 Å². The monoisotopic (exact) mass is 228 g/mol. The Hall–Kier alpha value is -1.10. The van der Waals surface area contributed by atoms with Crippen molar-refractivity contribution in [3.8, 4) is 0 Å². The van der Waals surface area contributed by atoms with Crippen molar-refractivity contribution in [2.24, 2.45) is 0 Å². The van der Waals surface area contributed by atoms with Gasteiger partial charge in [-0.25, -0.2) is 0 Å². The lowest BCUT2D eigenvalue weighted by molar-refractivity contribution is -0.141. The zero-order valence-electron chi connectivity index (χ0n) is 10.1. The number of hydrogen-bond acceptors (Lipinski definition) is 3. The van der Waals surface area contributed by atoms with Crippen molar-refractivity contribution in [1.82, 2.24) is 10.2 Å². The van der Waals surface area contributed by atoms with Crippen LogP contribution in [0.1, 0.15) is 33.6 Å². The summed E-state index contributed by atoms with van der Waals surface area (Å²) in [4.78, 5) is 24.3. The Kier molecular flexibility index (Phi) is 4.29. The average Bonchev–Trinajstić information content (AvgIpc) is 2.49. The molecule has 0 aromatic heterocycles. The van der Waals surface area contributed by atoms with Crippen LogP contribution in [0.2, 0.25) is 0 Å². The van der Waals surface area contributed by atoms with E-state index in [0.717, 1.165) is 12.8 Å². The van der Waals surface area contributed by atoms with Gasteiger partial charge in [-0.15, -0.1) is 0 Å². The molecule has 1 aliphatic heterocycles. The summed E-state index contributed by atoms with van der Waals surface area (Å²) in [6, 6.07) is -0.0116. The smallest absolute Gasteiger partial charge is 0.325 e. The number of nitrogens with zero attached hydrogens (tertiary/aromatic N) is 1. The van der Waals surface area contributed by atoms with Crippen molar-refractivity contribution in [3.63, 3.8) is 0 Å². The van der Waals surface area contributed by atoms with Gasteiger partial charge in [0, 0.05) is 12.1 Å². The van der Waals surface area contributed by atoms with Gasteiger partial charge < -0.3 is 10.4 Å². The molecular formula is C11H20N2O3. The maximum Gasteiger partial charge on any atom is 0.325 e. The normalized spacial score (nSPS) is 27.7. The largest absolute Gasteiger partial charge is 0.480 e. The topological polar surface area (TPSA) is 69.6 Å². The molecule has 3 atom stereocenters. The first kappa shape index (κ1) is 13.0. The maximum absolute atomic E-state index is 11.6. The number of nitrogens with one attached hydrogen (secondary N) is 1. The Bertz CT molecular complexity index is 270. The van der Waals surface area contributed by atoms with Gasteiger partial charge in [0.2, 0.25) is 5.91 Å². The molecule has 1 fully saturated rings. The van der Waals surface area contributed by atoms with E-state index in [1.165, 1.54) is 6.92 Å². The van der Waals surface area contributed by atoms with Gasteiger partial charge in [-0.3, -0.25) is 14.5 Å². The number of carboxylic acids is 1. The van der Waals surface area contributed by atoms with E-state index in [2.05, 4.69) is 24.1 Å². The Labute approximate surface area is 95.8 Å². The maximum atomic E-state index is 11.6. The highest BCUT2D eigenvalue weighted by molar-refractivity contribution is 5.84. The van der Waals surface area contributed by atoms with Crippen LogP contribution in [0.3, 0.4) is 0 Å².